The lowest BCUT2D eigenvalue weighted by Gasteiger charge is -2.30. The van der Waals surface area contributed by atoms with Gasteiger partial charge < -0.3 is 20.7 Å². The number of ether oxygens (including phenoxy) is 1. The highest BCUT2D eigenvalue weighted by molar-refractivity contribution is 7.98. The van der Waals surface area contributed by atoms with Gasteiger partial charge in [0, 0.05) is 17.3 Å². The Kier molecular flexibility index (Phi) is 4.67. The molecule has 3 N–H and O–H groups in total. The number of pyridine rings is 1. The van der Waals surface area contributed by atoms with E-state index in [0.717, 1.165) is 22.6 Å². The molecule has 2 aromatic heterocycles. The van der Waals surface area contributed by atoms with Crippen LogP contribution in [-0.4, -0.2) is 40.8 Å². The molecule has 3 rings (SSSR count). The average molecular weight is 360 g/mol. The summed E-state index contributed by atoms with van der Waals surface area (Å²) in [4.78, 5) is 27.0. The first-order valence-corrected chi connectivity index (χ1v) is 8.92. The largest absolute Gasteiger partial charge is 0.496 e. The monoisotopic (exact) mass is 360 g/mol. The van der Waals surface area contributed by atoms with E-state index >= 15 is 0 Å². The number of anilines is 3. The summed E-state index contributed by atoms with van der Waals surface area (Å²) in [5.41, 5.74) is 9.17. The molecule has 9 heteroatoms. The molecule has 0 saturated heterocycles. The van der Waals surface area contributed by atoms with Crippen molar-refractivity contribution in [2.75, 3.05) is 35.9 Å². The second kappa shape index (κ2) is 6.75. The van der Waals surface area contributed by atoms with Crippen LogP contribution in [0.15, 0.2) is 11.2 Å². The number of thioether (sulfide) groups is 1. The SMILES string of the molecule is COc1c(C)cnc(CN2CC(=O)Nc3c(SC)nc(N)nc32)c1C. The van der Waals surface area contributed by atoms with Crippen molar-refractivity contribution in [3.63, 3.8) is 0 Å². The fraction of sp³-hybridized carbons (Fsp3) is 0.375. The summed E-state index contributed by atoms with van der Waals surface area (Å²) in [5.74, 6) is 1.47. The minimum absolute atomic E-state index is 0.118. The van der Waals surface area contributed by atoms with Gasteiger partial charge in [0.05, 0.1) is 25.9 Å². The number of methoxy groups -OCH3 is 1. The Morgan fingerprint density at radius 1 is 1.40 bits per heavy atom. The molecule has 1 aliphatic rings. The molecule has 0 bridgehead atoms. The number of nitrogens with zero attached hydrogens (tertiary/aromatic N) is 4. The van der Waals surface area contributed by atoms with Gasteiger partial charge in [-0.05, 0) is 20.1 Å². The number of aromatic nitrogens is 3. The van der Waals surface area contributed by atoms with Crippen LogP contribution >= 0.6 is 11.8 Å². The number of nitrogen functional groups attached to an aromatic ring is 1. The molecule has 0 aliphatic carbocycles. The van der Waals surface area contributed by atoms with Gasteiger partial charge in [-0.15, -0.1) is 11.8 Å². The fourth-order valence-corrected chi connectivity index (χ4v) is 3.43. The predicted octanol–water partition coefficient (Wildman–Crippen LogP) is 1.76. The number of amides is 1. The molecule has 2 aromatic rings. The van der Waals surface area contributed by atoms with Gasteiger partial charge in [0.2, 0.25) is 11.9 Å². The first-order valence-electron chi connectivity index (χ1n) is 7.70. The van der Waals surface area contributed by atoms with Crippen molar-refractivity contribution in [3.05, 3.63) is 23.0 Å². The zero-order valence-electron chi connectivity index (χ0n) is 14.6. The zero-order valence-corrected chi connectivity index (χ0v) is 15.4. The van der Waals surface area contributed by atoms with E-state index in [0.29, 0.717) is 23.1 Å². The van der Waals surface area contributed by atoms with Crippen LogP contribution in [-0.2, 0) is 11.3 Å². The smallest absolute Gasteiger partial charge is 0.244 e. The van der Waals surface area contributed by atoms with Crippen molar-refractivity contribution in [2.45, 2.75) is 25.4 Å². The lowest BCUT2D eigenvalue weighted by Crippen LogP contribution is -2.39. The maximum Gasteiger partial charge on any atom is 0.244 e. The molecule has 0 fully saturated rings. The molecule has 25 heavy (non-hydrogen) atoms. The highest BCUT2D eigenvalue weighted by Gasteiger charge is 2.28. The van der Waals surface area contributed by atoms with Crippen LogP contribution in [0.2, 0.25) is 0 Å². The van der Waals surface area contributed by atoms with E-state index in [1.807, 2.05) is 25.0 Å². The minimum Gasteiger partial charge on any atom is -0.496 e. The topological polar surface area (TPSA) is 106 Å². The van der Waals surface area contributed by atoms with Crippen molar-refractivity contribution >= 4 is 35.1 Å². The van der Waals surface area contributed by atoms with E-state index < -0.39 is 0 Å². The van der Waals surface area contributed by atoms with Gasteiger partial charge >= 0.3 is 0 Å². The van der Waals surface area contributed by atoms with E-state index in [1.165, 1.54) is 11.8 Å². The number of nitrogens with one attached hydrogen (secondary N) is 1. The van der Waals surface area contributed by atoms with E-state index in [9.17, 15) is 4.79 Å². The second-order valence-electron chi connectivity index (χ2n) is 5.74. The van der Waals surface area contributed by atoms with Crippen molar-refractivity contribution in [3.8, 4) is 5.75 Å². The molecule has 0 saturated carbocycles. The summed E-state index contributed by atoms with van der Waals surface area (Å²) in [6.07, 6.45) is 3.65. The van der Waals surface area contributed by atoms with E-state index in [2.05, 4.69) is 20.3 Å². The number of hydrogen-bond acceptors (Lipinski definition) is 8. The molecule has 0 radical (unpaired) electrons. The first-order chi connectivity index (χ1) is 11.9. The van der Waals surface area contributed by atoms with Gasteiger partial charge in [-0.25, -0.2) is 4.98 Å². The predicted molar refractivity (Wildman–Crippen MR) is 98.2 cm³/mol. The average Bonchev–Trinajstić information content (AvgIpc) is 2.57. The van der Waals surface area contributed by atoms with Crippen molar-refractivity contribution < 1.29 is 9.53 Å². The lowest BCUT2D eigenvalue weighted by atomic mass is 10.1. The number of carbonyl (C=O) groups excluding carboxylic acids is 1. The number of hydrogen-bond donors (Lipinski definition) is 2. The molecule has 3 heterocycles. The van der Waals surface area contributed by atoms with Gasteiger partial charge in [0.15, 0.2) is 5.82 Å². The Bertz CT molecular complexity index is 842. The van der Waals surface area contributed by atoms with Crippen LogP contribution < -0.4 is 20.7 Å². The van der Waals surface area contributed by atoms with Crippen molar-refractivity contribution in [1.82, 2.24) is 15.0 Å². The fourth-order valence-electron chi connectivity index (χ4n) is 2.90. The molecule has 8 nitrogen and oxygen atoms in total. The Balaban J connectivity index is 2.03. The summed E-state index contributed by atoms with van der Waals surface area (Å²) >= 11 is 1.41. The van der Waals surface area contributed by atoms with Gasteiger partial charge in [-0.1, -0.05) is 0 Å². The van der Waals surface area contributed by atoms with Gasteiger partial charge in [-0.3, -0.25) is 9.78 Å². The molecule has 0 spiro atoms. The standard InChI is InChI=1S/C16H20N6O2S/c1-8-5-18-10(9(2)13(8)24-3)6-22-7-11(23)19-12-14(22)20-16(17)21-15(12)25-4/h5H,6-7H2,1-4H3,(H,19,23)(H2,17,20,21). The Morgan fingerprint density at radius 2 is 2.16 bits per heavy atom. The van der Waals surface area contributed by atoms with Crippen LogP contribution in [0.1, 0.15) is 16.8 Å². The Labute approximate surface area is 150 Å². The van der Waals surface area contributed by atoms with Crippen LogP contribution in [0.4, 0.5) is 17.5 Å². The van der Waals surface area contributed by atoms with Gasteiger partial charge in [-0.2, -0.15) is 4.98 Å². The Morgan fingerprint density at radius 3 is 2.84 bits per heavy atom. The van der Waals surface area contributed by atoms with Crippen molar-refractivity contribution in [1.29, 1.82) is 0 Å². The second-order valence-corrected chi connectivity index (χ2v) is 6.54. The normalized spacial score (nSPS) is 13.4. The number of carbonyl (C=O) groups is 1. The van der Waals surface area contributed by atoms with Crippen LogP contribution in [0, 0.1) is 13.8 Å². The minimum atomic E-state index is -0.118. The third-order valence-corrected chi connectivity index (χ3v) is 4.74. The molecule has 0 aromatic carbocycles. The summed E-state index contributed by atoms with van der Waals surface area (Å²) in [5, 5.41) is 3.49. The van der Waals surface area contributed by atoms with E-state index in [1.54, 1.807) is 13.3 Å². The van der Waals surface area contributed by atoms with Crippen LogP contribution in [0.5, 0.6) is 5.75 Å². The highest BCUT2D eigenvalue weighted by atomic mass is 32.2. The molecule has 1 aliphatic heterocycles. The van der Waals surface area contributed by atoms with E-state index in [-0.39, 0.29) is 18.4 Å². The maximum atomic E-state index is 12.1. The lowest BCUT2D eigenvalue weighted by molar-refractivity contribution is -0.115. The molecule has 0 atom stereocenters. The molecule has 0 unspecified atom stereocenters. The third-order valence-electron chi connectivity index (χ3n) is 4.06. The van der Waals surface area contributed by atoms with Crippen LogP contribution in [0.3, 0.4) is 0 Å². The quantitative estimate of drug-likeness (QED) is 0.627. The molecular formula is C16H20N6O2S. The van der Waals surface area contributed by atoms with Gasteiger partial charge in [0.25, 0.3) is 0 Å². The summed E-state index contributed by atoms with van der Waals surface area (Å²) in [6, 6.07) is 0. The number of rotatable bonds is 4. The molecule has 1 amide bonds. The Hall–Kier alpha value is -2.55. The number of nitrogens with two attached hydrogens (primary N) is 1. The number of fused-ring (bicyclic) bond motifs is 1. The summed E-state index contributed by atoms with van der Waals surface area (Å²) in [6.45, 7) is 4.51. The van der Waals surface area contributed by atoms with Crippen LogP contribution in [0.25, 0.3) is 0 Å². The number of aryl methyl sites for hydroxylation is 1. The van der Waals surface area contributed by atoms with Gasteiger partial charge in [0.1, 0.15) is 16.5 Å². The van der Waals surface area contributed by atoms with E-state index in [4.69, 9.17) is 10.5 Å². The molecule has 132 valence electrons. The highest BCUT2D eigenvalue weighted by Crippen LogP contribution is 2.36. The summed E-state index contributed by atoms with van der Waals surface area (Å²) < 4.78 is 5.47. The first kappa shape index (κ1) is 17.3. The maximum absolute atomic E-state index is 12.1. The third kappa shape index (κ3) is 3.19. The zero-order chi connectivity index (χ0) is 18.1. The van der Waals surface area contributed by atoms with Crippen molar-refractivity contribution in [2.24, 2.45) is 0 Å². The molecular weight excluding hydrogens is 340 g/mol. The summed E-state index contributed by atoms with van der Waals surface area (Å²) in [7, 11) is 1.64.